The summed E-state index contributed by atoms with van der Waals surface area (Å²) < 4.78 is 19.1. The van der Waals surface area contributed by atoms with Crippen molar-refractivity contribution in [3.8, 4) is 0 Å². The van der Waals surface area contributed by atoms with Gasteiger partial charge in [-0.05, 0) is 43.7 Å². The second-order valence-corrected chi connectivity index (χ2v) is 7.16. The van der Waals surface area contributed by atoms with Crippen LogP contribution in [-0.2, 0) is 11.2 Å². The molecule has 2 aliphatic heterocycles. The molecule has 1 atom stereocenters. The molecule has 5 nitrogen and oxygen atoms in total. The summed E-state index contributed by atoms with van der Waals surface area (Å²) in [4.78, 5) is 17.0. The number of rotatable bonds is 6. The van der Waals surface area contributed by atoms with E-state index in [1.165, 1.54) is 12.5 Å². The number of hydrogen-bond acceptors (Lipinski definition) is 3. The van der Waals surface area contributed by atoms with E-state index in [0.29, 0.717) is 24.6 Å². The molecule has 2 heterocycles. The number of benzene rings is 1. The van der Waals surface area contributed by atoms with E-state index in [2.05, 4.69) is 10.2 Å². The van der Waals surface area contributed by atoms with Crippen LogP contribution in [0.15, 0.2) is 24.3 Å². The van der Waals surface area contributed by atoms with Crippen molar-refractivity contribution in [2.75, 3.05) is 45.9 Å². The Bertz CT molecular complexity index is 578. The lowest BCUT2D eigenvalue weighted by molar-refractivity contribution is 0.0326. The van der Waals surface area contributed by atoms with E-state index in [9.17, 15) is 9.18 Å². The number of piperidine rings is 1. The van der Waals surface area contributed by atoms with E-state index >= 15 is 0 Å². The van der Waals surface area contributed by atoms with Gasteiger partial charge >= 0.3 is 6.03 Å². The van der Waals surface area contributed by atoms with Crippen LogP contribution in [0.25, 0.3) is 0 Å². The lowest BCUT2D eigenvalue weighted by atomic mass is 9.99. The molecular formula is C20H30FN3O2. The molecule has 3 rings (SSSR count). The number of hydrogen-bond donors (Lipinski definition) is 1. The zero-order valence-corrected chi connectivity index (χ0v) is 15.5. The molecule has 2 aliphatic rings. The molecule has 0 radical (unpaired) electrons. The van der Waals surface area contributed by atoms with E-state index in [1.54, 1.807) is 12.1 Å². The molecule has 1 N–H and O–H groups in total. The van der Waals surface area contributed by atoms with Crippen LogP contribution in [0, 0.1) is 5.82 Å². The van der Waals surface area contributed by atoms with Crippen molar-refractivity contribution in [2.24, 2.45) is 0 Å². The van der Waals surface area contributed by atoms with Crippen LogP contribution in [0.4, 0.5) is 9.18 Å². The minimum atomic E-state index is -0.205. The number of ether oxygens (including phenoxy) is 1. The predicted molar refractivity (Wildman–Crippen MR) is 99.7 cm³/mol. The van der Waals surface area contributed by atoms with Crippen LogP contribution in [0.1, 0.15) is 31.2 Å². The molecule has 6 heteroatoms. The number of halogens is 1. The van der Waals surface area contributed by atoms with Crippen LogP contribution < -0.4 is 5.32 Å². The average Bonchev–Trinajstić information content (AvgIpc) is 2.69. The van der Waals surface area contributed by atoms with Gasteiger partial charge in [-0.25, -0.2) is 9.18 Å². The van der Waals surface area contributed by atoms with E-state index in [-0.39, 0.29) is 11.8 Å². The SMILES string of the molecule is O=C(NCCc1ccccc1F)N1CCCC[C@@H]1CCN1CCOCC1. The number of nitrogens with one attached hydrogen (secondary N) is 1. The van der Waals surface area contributed by atoms with E-state index in [0.717, 1.165) is 58.7 Å². The summed E-state index contributed by atoms with van der Waals surface area (Å²) in [5, 5.41) is 2.98. The van der Waals surface area contributed by atoms with Gasteiger partial charge in [0.05, 0.1) is 13.2 Å². The maximum Gasteiger partial charge on any atom is 0.317 e. The predicted octanol–water partition coefficient (Wildman–Crippen LogP) is 2.65. The second-order valence-electron chi connectivity index (χ2n) is 7.16. The normalized spacial score (nSPS) is 21.6. The Morgan fingerprint density at radius 1 is 1.19 bits per heavy atom. The van der Waals surface area contributed by atoms with Gasteiger partial charge < -0.3 is 15.0 Å². The first-order chi connectivity index (χ1) is 12.7. The summed E-state index contributed by atoms with van der Waals surface area (Å²) >= 11 is 0. The number of amides is 2. The van der Waals surface area contributed by atoms with Crippen molar-refractivity contribution in [2.45, 2.75) is 38.1 Å². The van der Waals surface area contributed by atoms with Crippen LogP contribution in [0.2, 0.25) is 0 Å². The number of carbonyl (C=O) groups excluding carboxylic acids is 1. The summed E-state index contributed by atoms with van der Waals surface area (Å²) in [5.41, 5.74) is 0.648. The van der Waals surface area contributed by atoms with Crippen molar-refractivity contribution >= 4 is 6.03 Å². The maximum absolute atomic E-state index is 13.7. The second kappa shape index (κ2) is 9.88. The first-order valence-electron chi connectivity index (χ1n) is 9.82. The van der Waals surface area contributed by atoms with Crippen LogP contribution in [0.3, 0.4) is 0 Å². The summed E-state index contributed by atoms with van der Waals surface area (Å²) in [6, 6.07) is 7.04. The Hall–Kier alpha value is -1.66. The average molecular weight is 363 g/mol. The standard InChI is InChI=1S/C20H30FN3O2/c21-19-7-2-1-5-17(19)8-10-22-20(25)24-11-4-3-6-18(24)9-12-23-13-15-26-16-14-23/h1-2,5,7,18H,3-4,6,8-16H2,(H,22,25)/t18-/m1/s1. The van der Waals surface area contributed by atoms with Gasteiger partial charge in [0.15, 0.2) is 0 Å². The van der Waals surface area contributed by atoms with Gasteiger partial charge in [0, 0.05) is 38.8 Å². The molecule has 0 aromatic heterocycles. The molecular weight excluding hydrogens is 333 g/mol. The number of morpholine rings is 1. The van der Waals surface area contributed by atoms with Gasteiger partial charge in [-0.15, -0.1) is 0 Å². The Kier molecular flexibility index (Phi) is 7.26. The lowest BCUT2D eigenvalue weighted by Crippen LogP contribution is -2.50. The van der Waals surface area contributed by atoms with Gasteiger partial charge in [0.2, 0.25) is 0 Å². The van der Waals surface area contributed by atoms with E-state index < -0.39 is 0 Å². The molecule has 0 bridgehead atoms. The Morgan fingerprint density at radius 3 is 2.81 bits per heavy atom. The molecule has 2 saturated heterocycles. The zero-order chi connectivity index (χ0) is 18.2. The molecule has 26 heavy (non-hydrogen) atoms. The van der Waals surface area contributed by atoms with Gasteiger partial charge in [-0.1, -0.05) is 18.2 Å². The molecule has 2 fully saturated rings. The number of nitrogens with zero attached hydrogens (tertiary/aromatic N) is 2. The van der Waals surface area contributed by atoms with Crippen molar-refractivity contribution in [3.63, 3.8) is 0 Å². The fourth-order valence-electron chi connectivity index (χ4n) is 3.83. The number of urea groups is 1. The van der Waals surface area contributed by atoms with Crippen molar-refractivity contribution in [1.82, 2.24) is 15.1 Å². The Labute approximate surface area is 155 Å². The van der Waals surface area contributed by atoms with Crippen molar-refractivity contribution in [1.29, 1.82) is 0 Å². The number of likely N-dealkylation sites (tertiary alicyclic amines) is 1. The maximum atomic E-state index is 13.7. The summed E-state index contributed by atoms with van der Waals surface area (Å²) in [6.07, 6.45) is 4.86. The molecule has 0 spiro atoms. The third-order valence-corrected chi connectivity index (χ3v) is 5.40. The minimum absolute atomic E-state index is 0.00647. The minimum Gasteiger partial charge on any atom is -0.379 e. The molecule has 144 valence electrons. The molecule has 1 aromatic rings. The Balaban J connectivity index is 1.45. The van der Waals surface area contributed by atoms with E-state index in [4.69, 9.17) is 4.74 Å². The molecule has 1 aromatic carbocycles. The lowest BCUT2D eigenvalue weighted by Gasteiger charge is -2.37. The topological polar surface area (TPSA) is 44.8 Å². The third-order valence-electron chi connectivity index (χ3n) is 5.40. The van der Waals surface area contributed by atoms with Crippen molar-refractivity contribution in [3.05, 3.63) is 35.6 Å². The van der Waals surface area contributed by atoms with Gasteiger partial charge in [0.25, 0.3) is 0 Å². The highest BCUT2D eigenvalue weighted by molar-refractivity contribution is 5.74. The van der Waals surface area contributed by atoms with Gasteiger partial charge in [-0.3, -0.25) is 4.90 Å². The van der Waals surface area contributed by atoms with Gasteiger partial charge in [0.1, 0.15) is 5.82 Å². The fourth-order valence-corrected chi connectivity index (χ4v) is 3.83. The van der Waals surface area contributed by atoms with Crippen molar-refractivity contribution < 1.29 is 13.9 Å². The third kappa shape index (κ3) is 5.42. The highest BCUT2D eigenvalue weighted by atomic mass is 19.1. The molecule has 0 aliphatic carbocycles. The molecule has 0 unspecified atom stereocenters. The quantitative estimate of drug-likeness (QED) is 0.845. The highest BCUT2D eigenvalue weighted by Crippen LogP contribution is 2.20. The summed E-state index contributed by atoms with van der Waals surface area (Å²) in [7, 11) is 0. The number of carbonyl (C=O) groups is 1. The fraction of sp³-hybridized carbons (Fsp3) is 0.650. The van der Waals surface area contributed by atoms with Crippen LogP contribution in [0.5, 0.6) is 0 Å². The molecule has 0 saturated carbocycles. The van der Waals surface area contributed by atoms with Gasteiger partial charge in [-0.2, -0.15) is 0 Å². The summed E-state index contributed by atoms with van der Waals surface area (Å²) in [5.74, 6) is -0.205. The monoisotopic (exact) mass is 363 g/mol. The smallest absolute Gasteiger partial charge is 0.317 e. The van der Waals surface area contributed by atoms with Crippen LogP contribution >= 0.6 is 0 Å². The Morgan fingerprint density at radius 2 is 2.00 bits per heavy atom. The first kappa shape index (κ1) is 19.1. The van der Waals surface area contributed by atoms with Crippen LogP contribution in [-0.4, -0.2) is 67.8 Å². The highest BCUT2D eigenvalue weighted by Gasteiger charge is 2.27. The largest absolute Gasteiger partial charge is 0.379 e. The van der Waals surface area contributed by atoms with E-state index in [1.807, 2.05) is 11.0 Å². The first-order valence-corrected chi connectivity index (χ1v) is 9.82. The summed E-state index contributed by atoms with van der Waals surface area (Å²) in [6.45, 7) is 5.90. The molecule has 2 amide bonds. The zero-order valence-electron chi connectivity index (χ0n) is 15.5.